The van der Waals surface area contributed by atoms with E-state index in [0.717, 1.165) is 20.1 Å². The first-order chi connectivity index (χ1) is 8.93. The minimum atomic E-state index is 0.180. The molecule has 19 heavy (non-hydrogen) atoms. The maximum atomic E-state index is 4.58. The lowest BCUT2D eigenvalue weighted by molar-refractivity contribution is 0.590. The molecule has 5 heteroatoms. The third-order valence-corrected chi connectivity index (χ3v) is 4.42. The molecule has 2 heterocycles. The number of imidazole rings is 1. The van der Waals surface area contributed by atoms with Crippen molar-refractivity contribution in [2.45, 2.75) is 26.2 Å². The fraction of sp³-hybridized carbons (Fsp3) is 0.286. The van der Waals surface area contributed by atoms with Gasteiger partial charge in [0.05, 0.1) is 11.9 Å². The number of hydrogen-bond donors (Lipinski definition) is 0. The van der Waals surface area contributed by atoms with Gasteiger partial charge in [-0.2, -0.15) is 0 Å². The number of rotatable bonds is 1. The first kappa shape index (κ1) is 12.8. The fourth-order valence-corrected chi connectivity index (χ4v) is 3.17. The van der Waals surface area contributed by atoms with Crippen LogP contribution in [0.15, 0.2) is 34.4 Å². The van der Waals surface area contributed by atoms with Crippen LogP contribution in [-0.2, 0) is 5.41 Å². The number of benzene rings is 1. The lowest BCUT2D eigenvalue weighted by Gasteiger charge is -2.18. The Morgan fingerprint density at radius 1 is 1.16 bits per heavy atom. The molecule has 0 radical (unpaired) electrons. The van der Waals surface area contributed by atoms with Crippen molar-refractivity contribution in [3.8, 4) is 11.3 Å². The van der Waals surface area contributed by atoms with Gasteiger partial charge in [0, 0.05) is 5.56 Å². The first-order valence-corrected chi connectivity index (χ1v) is 7.67. The summed E-state index contributed by atoms with van der Waals surface area (Å²) in [5, 5.41) is 4.31. The molecule has 0 aliphatic rings. The van der Waals surface area contributed by atoms with E-state index in [1.807, 2.05) is 10.7 Å². The van der Waals surface area contributed by atoms with E-state index in [0.29, 0.717) is 0 Å². The molecule has 98 valence electrons. The van der Waals surface area contributed by atoms with Crippen molar-refractivity contribution in [3.05, 3.63) is 39.9 Å². The second-order valence-corrected chi connectivity index (χ2v) is 7.77. The van der Waals surface area contributed by atoms with Crippen molar-refractivity contribution < 1.29 is 0 Å². The van der Waals surface area contributed by atoms with Gasteiger partial charge in [0.25, 0.3) is 0 Å². The zero-order chi connectivity index (χ0) is 13.6. The molecule has 0 fully saturated rings. The minimum Gasteiger partial charge on any atom is -0.217 e. The largest absolute Gasteiger partial charge is 0.217 e. The molecule has 0 spiro atoms. The predicted molar refractivity (Wildman–Crippen MR) is 82.7 cm³/mol. The first-order valence-electron chi connectivity index (χ1n) is 6.06. The van der Waals surface area contributed by atoms with Gasteiger partial charge < -0.3 is 0 Å². The second kappa shape index (κ2) is 4.42. The Bertz CT molecular complexity index is 688. The van der Waals surface area contributed by atoms with E-state index in [9.17, 15) is 0 Å². The standard InChI is InChI=1S/C14H14BrN3S/c1-14(2,3)10-6-4-9(5-7-10)11-8-18-13(16-11)19-12(15)17-18/h4-8H,1-3H3. The van der Waals surface area contributed by atoms with Gasteiger partial charge in [-0.25, -0.2) is 9.50 Å². The van der Waals surface area contributed by atoms with Crippen LogP contribution < -0.4 is 0 Å². The van der Waals surface area contributed by atoms with Crippen LogP contribution in [0, 0.1) is 0 Å². The highest BCUT2D eigenvalue weighted by molar-refractivity contribution is 9.11. The van der Waals surface area contributed by atoms with Crippen LogP contribution in [0.4, 0.5) is 0 Å². The average Bonchev–Trinajstić information content (AvgIpc) is 2.85. The molecule has 3 nitrogen and oxygen atoms in total. The number of fused-ring (bicyclic) bond motifs is 1. The monoisotopic (exact) mass is 335 g/mol. The van der Waals surface area contributed by atoms with Gasteiger partial charge in [-0.05, 0) is 26.9 Å². The van der Waals surface area contributed by atoms with Crippen LogP contribution in [0.3, 0.4) is 0 Å². The van der Waals surface area contributed by atoms with Crippen LogP contribution >= 0.6 is 27.3 Å². The van der Waals surface area contributed by atoms with Crippen molar-refractivity contribution >= 4 is 32.2 Å². The molecular formula is C14H14BrN3S. The smallest absolute Gasteiger partial charge is 0.213 e. The molecule has 0 bridgehead atoms. The SMILES string of the molecule is CC(C)(C)c1ccc(-c2cn3nc(Br)sc3n2)cc1. The van der Waals surface area contributed by atoms with Gasteiger partial charge in [-0.15, -0.1) is 5.10 Å². The summed E-state index contributed by atoms with van der Waals surface area (Å²) >= 11 is 4.89. The fourth-order valence-electron chi connectivity index (χ4n) is 1.96. The van der Waals surface area contributed by atoms with E-state index in [4.69, 9.17) is 0 Å². The minimum absolute atomic E-state index is 0.180. The van der Waals surface area contributed by atoms with E-state index in [-0.39, 0.29) is 5.41 Å². The highest BCUT2D eigenvalue weighted by Crippen LogP contribution is 2.27. The third kappa shape index (κ3) is 2.44. The molecule has 0 saturated heterocycles. The van der Waals surface area contributed by atoms with Crippen LogP contribution in [0.25, 0.3) is 16.2 Å². The molecule has 0 N–H and O–H groups in total. The lowest BCUT2D eigenvalue weighted by Crippen LogP contribution is -2.10. The molecule has 0 unspecified atom stereocenters. The molecule has 3 rings (SSSR count). The highest BCUT2D eigenvalue weighted by atomic mass is 79.9. The molecule has 0 aliphatic heterocycles. The number of aromatic nitrogens is 3. The Balaban J connectivity index is 1.99. The summed E-state index contributed by atoms with van der Waals surface area (Å²) in [7, 11) is 0. The van der Waals surface area contributed by atoms with Crippen molar-refractivity contribution in [1.82, 2.24) is 14.6 Å². The normalized spacial score (nSPS) is 12.2. The van der Waals surface area contributed by atoms with E-state index in [1.165, 1.54) is 16.9 Å². The Morgan fingerprint density at radius 3 is 2.42 bits per heavy atom. The van der Waals surface area contributed by atoms with Gasteiger partial charge >= 0.3 is 0 Å². The van der Waals surface area contributed by atoms with Gasteiger partial charge in [-0.1, -0.05) is 56.4 Å². The van der Waals surface area contributed by atoms with Crippen LogP contribution in [-0.4, -0.2) is 14.6 Å². The second-order valence-electron chi connectivity index (χ2n) is 5.54. The maximum Gasteiger partial charge on any atom is 0.213 e. The van der Waals surface area contributed by atoms with Crippen LogP contribution in [0.1, 0.15) is 26.3 Å². The summed E-state index contributed by atoms with van der Waals surface area (Å²) in [6, 6.07) is 8.60. The topological polar surface area (TPSA) is 30.2 Å². The lowest BCUT2D eigenvalue weighted by atomic mass is 9.86. The Labute approximate surface area is 124 Å². The summed E-state index contributed by atoms with van der Waals surface area (Å²) < 4.78 is 2.66. The molecule has 1 aromatic carbocycles. The van der Waals surface area contributed by atoms with E-state index >= 15 is 0 Å². The maximum absolute atomic E-state index is 4.58. The zero-order valence-corrected chi connectivity index (χ0v) is 13.4. The molecule has 0 amide bonds. The van der Waals surface area contributed by atoms with Gasteiger partial charge in [0.2, 0.25) is 4.96 Å². The van der Waals surface area contributed by atoms with Crippen molar-refractivity contribution in [2.75, 3.05) is 0 Å². The predicted octanol–water partition coefficient (Wildman–Crippen LogP) is 4.52. The van der Waals surface area contributed by atoms with Crippen LogP contribution in [0.2, 0.25) is 0 Å². The molecule has 0 saturated carbocycles. The quantitative estimate of drug-likeness (QED) is 0.654. The van der Waals surface area contributed by atoms with Crippen molar-refractivity contribution in [1.29, 1.82) is 0 Å². The number of nitrogens with zero attached hydrogens (tertiary/aromatic N) is 3. The Hall–Kier alpha value is -1.20. The molecule has 2 aromatic heterocycles. The molecular weight excluding hydrogens is 322 g/mol. The molecule has 0 aliphatic carbocycles. The summed E-state index contributed by atoms with van der Waals surface area (Å²) in [5.41, 5.74) is 3.60. The number of halogens is 1. The average molecular weight is 336 g/mol. The zero-order valence-electron chi connectivity index (χ0n) is 11.0. The molecule has 0 atom stereocenters. The Kier molecular flexibility index (Phi) is 2.98. The summed E-state index contributed by atoms with van der Waals surface area (Å²) in [6.07, 6.45) is 1.96. The van der Waals surface area contributed by atoms with Gasteiger partial charge in [0.1, 0.15) is 0 Å². The van der Waals surface area contributed by atoms with Crippen molar-refractivity contribution in [2.24, 2.45) is 0 Å². The summed E-state index contributed by atoms with van der Waals surface area (Å²) in [4.78, 5) is 5.49. The summed E-state index contributed by atoms with van der Waals surface area (Å²) in [6.45, 7) is 6.65. The molecule has 3 aromatic rings. The van der Waals surface area contributed by atoms with E-state index < -0.39 is 0 Å². The van der Waals surface area contributed by atoms with Gasteiger partial charge in [-0.3, -0.25) is 0 Å². The highest BCUT2D eigenvalue weighted by Gasteiger charge is 2.14. The van der Waals surface area contributed by atoms with Gasteiger partial charge in [0.15, 0.2) is 3.92 Å². The van der Waals surface area contributed by atoms with Crippen LogP contribution in [0.5, 0.6) is 0 Å². The third-order valence-electron chi connectivity index (χ3n) is 3.07. The van der Waals surface area contributed by atoms with Crippen molar-refractivity contribution in [3.63, 3.8) is 0 Å². The Morgan fingerprint density at radius 2 is 1.84 bits per heavy atom. The van der Waals surface area contributed by atoms with E-state index in [1.54, 1.807) is 0 Å². The number of hydrogen-bond acceptors (Lipinski definition) is 3. The van der Waals surface area contributed by atoms with E-state index in [2.05, 4.69) is 71.0 Å². The summed E-state index contributed by atoms with van der Waals surface area (Å²) in [5.74, 6) is 0.